The van der Waals surface area contributed by atoms with E-state index in [0.29, 0.717) is 5.02 Å². The molecule has 1 amide bonds. The summed E-state index contributed by atoms with van der Waals surface area (Å²) in [7, 11) is 0. The van der Waals surface area contributed by atoms with Crippen molar-refractivity contribution < 1.29 is 4.79 Å². The minimum absolute atomic E-state index is 0.00281. The Morgan fingerprint density at radius 1 is 1.21 bits per heavy atom. The highest BCUT2D eigenvalue weighted by Gasteiger charge is 2.27. The van der Waals surface area contributed by atoms with E-state index in [4.69, 9.17) is 11.6 Å². The molecule has 0 saturated heterocycles. The molecular weight excluding hydrogens is 340 g/mol. The quantitative estimate of drug-likeness (QED) is 0.695. The van der Waals surface area contributed by atoms with Crippen molar-refractivity contribution in [1.29, 1.82) is 0 Å². The number of aromatic nitrogens is 1. The van der Waals surface area contributed by atoms with Crippen molar-refractivity contribution in [3.63, 3.8) is 0 Å². The summed E-state index contributed by atoms with van der Waals surface area (Å²) in [6.45, 7) is 0. The van der Waals surface area contributed by atoms with Crippen LogP contribution >= 0.6 is 23.4 Å². The zero-order valence-corrected chi connectivity index (χ0v) is 14.4. The maximum atomic E-state index is 12.9. The van der Waals surface area contributed by atoms with Crippen molar-refractivity contribution in [2.45, 2.75) is 17.2 Å². The molecule has 1 atom stereocenters. The van der Waals surface area contributed by atoms with Crippen LogP contribution in [-0.2, 0) is 4.79 Å². The number of halogens is 1. The largest absolute Gasteiger partial charge is 0.324 e. The third-order valence-corrected chi connectivity index (χ3v) is 5.61. The minimum Gasteiger partial charge on any atom is -0.324 e. The number of nitrogens with zero attached hydrogens (tertiary/aromatic N) is 1. The van der Waals surface area contributed by atoms with Crippen LogP contribution in [0.25, 0.3) is 10.8 Å². The van der Waals surface area contributed by atoms with E-state index in [1.165, 1.54) is 0 Å². The second kappa shape index (κ2) is 6.46. The van der Waals surface area contributed by atoms with Crippen molar-refractivity contribution in [2.24, 2.45) is 0 Å². The molecule has 5 heteroatoms. The highest BCUT2D eigenvalue weighted by molar-refractivity contribution is 7.99. The molecule has 0 fully saturated rings. The number of fused-ring (bicyclic) bond motifs is 2. The van der Waals surface area contributed by atoms with Gasteiger partial charge in [-0.05, 0) is 35.9 Å². The fourth-order valence-electron chi connectivity index (χ4n) is 3.07. The van der Waals surface area contributed by atoms with E-state index in [1.807, 2.05) is 42.5 Å². The number of amides is 1. The Balaban J connectivity index is 1.67. The molecule has 1 unspecified atom stereocenters. The van der Waals surface area contributed by atoms with E-state index in [2.05, 4.69) is 10.3 Å². The van der Waals surface area contributed by atoms with E-state index in [1.54, 1.807) is 24.2 Å². The molecule has 0 spiro atoms. The predicted octanol–water partition coefficient (Wildman–Crippen LogP) is 5.11. The SMILES string of the molecule is O=C(Nc1cncc2ccccc12)C1CCSc2ccc(Cl)cc21. The maximum Gasteiger partial charge on any atom is 0.232 e. The fourth-order valence-corrected chi connectivity index (χ4v) is 4.36. The van der Waals surface area contributed by atoms with Gasteiger partial charge in [0, 0.05) is 26.9 Å². The Bertz CT molecular complexity index is 923. The number of thioether (sulfide) groups is 1. The summed E-state index contributed by atoms with van der Waals surface area (Å²) in [5, 5.41) is 5.74. The zero-order chi connectivity index (χ0) is 16.5. The van der Waals surface area contributed by atoms with Gasteiger partial charge in [0.15, 0.2) is 0 Å². The summed E-state index contributed by atoms with van der Waals surface area (Å²) in [6.07, 6.45) is 4.32. The maximum absolute atomic E-state index is 12.9. The summed E-state index contributed by atoms with van der Waals surface area (Å²) in [5.74, 6) is 0.747. The van der Waals surface area contributed by atoms with Gasteiger partial charge in [-0.25, -0.2) is 0 Å². The van der Waals surface area contributed by atoms with Crippen molar-refractivity contribution in [3.8, 4) is 0 Å². The second-order valence-corrected chi connectivity index (χ2v) is 7.34. The number of carbonyl (C=O) groups excluding carboxylic acids is 1. The van der Waals surface area contributed by atoms with Crippen molar-refractivity contribution in [1.82, 2.24) is 4.98 Å². The molecule has 120 valence electrons. The van der Waals surface area contributed by atoms with E-state index in [0.717, 1.165) is 39.1 Å². The van der Waals surface area contributed by atoms with E-state index in [9.17, 15) is 4.79 Å². The standard InChI is InChI=1S/C19H15ClN2OS/c20-13-5-6-18-16(9-13)15(7-8-24-18)19(23)22-17-11-21-10-12-3-1-2-4-14(12)17/h1-6,9-11,15H,7-8H2,(H,22,23). The van der Waals surface area contributed by atoms with Crippen LogP contribution in [0.15, 0.2) is 59.8 Å². The van der Waals surface area contributed by atoms with E-state index < -0.39 is 0 Å². The molecule has 24 heavy (non-hydrogen) atoms. The smallest absolute Gasteiger partial charge is 0.232 e. The van der Waals surface area contributed by atoms with Gasteiger partial charge in [0.25, 0.3) is 0 Å². The molecule has 0 saturated carbocycles. The number of carbonyl (C=O) groups is 1. The second-order valence-electron chi connectivity index (χ2n) is 5.77. The number of hydrogen-bond donors (Lipinski definition) is 1. The van der Waals surface area contributed by atoms with E-state index >= 15 is 0 Å². The lowest BCUT2D eigenvalue weighted by Gasteiger charge is -2.24. The normalized spacial score (nSPS) is 16.6. The minimum atomic E-state index is -0.182. The monoisotopic (exact) mass is 354 g/mol. The Kier molecular flexibility index (Phi) is 4.17. The van der Waals surface area contributed by atoms with Crippen LogP contribution in [0.5, 0.6) is 0 Å². The van der Waals surface area contributed by atoms with Crippen molar-refractivity contribution in [2.75, 3.05) is 11.1 Å². The molecule has 4 rings (SSSR count). The average Bonchev–Trinajstić information content (AvgIpc) is 2.61. The number of pyridine rings is 1. The molecule has 2 aromatic carbocycles. The highest BCUT2D eigenvalue weighted by atomic mass is 35.5. The number of nitrogens with one attached hydrogen (secondary N) is 1. The predicted molar refractivity (Wildman–Crippen MR) is 99.9 cm³/mol. The third-order valence-electron chi connectivity index (χ3n) is 4.25. The van der Waals surface area contributed by atoms with Gasteiger partial charge in [0.1, 0.15) is 0 Å². The van der Waals surface area contributed by atoms with Gasteiger partial charge in [0.2, 0.25) is 5.91 Å². The first-order chi connectivity index (χ1) is 11.7. The lowest BCUT2D eigenvalue weighted by molar-refractivity contribution is -0.117. The molecule has 3 aromatic rings. The molecule has 1 aliphatic rings. The van der Waals surface area contributed by atoms with Gasteiger partial charge in [-0.2, -0.15) is 0 Å². The number of anilines is 1. The van der Waals surface area contributed by atoms with Gasteiger partial charge in [0.05, 0.1) is 17.8 Å². The number of benzene rings is 2. The first-order valence-corrected chi connectivity index (χ1v) is 9.14. The molecule has 0 aliphatic carbocycles. The third kappa shape index (κ3) is 2.87. The fraction of sp³-hybridized carbons (Fsp3) is 0.158. The molecule has 3 nitrogen and oxygen atoms in total. The van der Waals surface area contributed by atoms with Crippen LogP contribution in [0.1, 0.15) is 17.9 Å². The van der Waals surface area contributed by atoms with Crippen LogP contribution < -0.4 is 5.32 Å². The number of rotatable bonds is 2. The van der Waals surface area contributed by atoms with Gasteiger partial charge < -0.3 is 5.32 Å². The van der Waals surface area contributed by atoms with Crippen molar-refractivity contribution >= 4 is 45.7 Å². The summed E-state index contributed by atoms with van der Waals surface area (Å²) in [6, 6.07) is 13.7. The Labute approximate surface area is 149 Å². The summed E-state index contributed by atoms with van der Waals surface area (Å²) in [4.78, 5) is 18.3. The molecular formula is C19H15ClN2OS. The van der Waals surface area contributed by atoms with E-state index in [-0.39, 0.29) is 11.8 Å². The Morgan fingerprint density at radius 2 is 2.08 bits per heavy atom. The van der Waals surface area contributed by atoms with Crippen LogP contribution in [0, 0.1) is 0 Å². The van der Waals surface area contributed by atoms with Crippen LogP contribution in [0.3, 0.4) is 0 Å². The first kappa shape index (κ1) is 15.5. The lowest BCUT2D eigenvalue weighted by Crippen LogP contribution is -2.24. The summed E-state index contributed by atoms with van der Waals surface area (Å²) >= 11 is 7.91. The van der Waals surface area contributed by atoms with Crippen LogP contribution in [0.4, 0.5) is 5.69 Å². The van der Waals surface area contributed by atoms with Gasteiger partial charge >= 0.3 is 0 Å². The molecule has 0 bridgehead atoms. The Morgan fingerprint density at radius 3 is 3.00 bits per heavy atom. The molecule has 2 heterocycles. The molecule has 1 N–H and O–H groups in total. The lowest BCUT2D eigenvalue weighted by atomic mass is 9.94. The molecule has 0 radical (unpaired) electrons. The van der Waals surface area contributed by atoms with Gasteiger partial charge in [-0.15, -0.1) is 11.8 Å². The van der Waals surface area contributed by atoms with Crippen LogP contribution in [-0.4, -0.2) is 16.6 Å². The highest BCUT2D eigenvalue weighted by Crippen LogP contribution is 2.39. The topological polar surface area (TPSA) is 42.0 Å². The van der Waals surface area contributed by atoms with Crippen molar-refractivity contribution in [3.05, 3.63) is 65.4 Å². The van der Waals surface area contributed by atoms with Gasteiger partial charge in [-0.3, -0.25) is 9.78 Å². The molecule has 1 aliphatic heterocycles. The van der Waals surface area contributed by atoms with Crippen LogP contribution in [0.2, 0.25) is 5.02 Å². The first-order valence-electron chi connectivity index (χ1n) is 7.78. The summed E-state index contributed by atoms with van der Waals surface area (Å²) in [5.41, 5.74) is 1.77. The summed E-state index contributed by atoms with van der Waals surface area (Å²) < 4.78 is 0. The number of hydrogen-bond acceptors (Lipinski definition) is 3. The average molecular weight is 355 g/mol. The molecule has 1 aromatic heterocycles. The zero-order valence-electron chi connectivity index (χ0n) is 12.8. The van der Waals surface area contributed by atoms with Gasteiger partial charge in [-0.1, -0.05) is 35.9 Å². The Hall–Kier alpha value is -2.04.